The number of nitrogens with zero attached hydrogens (tertiary/aromatic N) is 1. The van der Waals surface area contributed by atoms with Gasteiger partial charge in [0.1, 0.15) is 0 Å². The standard InChI is InChI=1S/C6H12N2/c1-4-6(2)5-8-7-3/h4-5,7H,1-3H3/b6-4-,8-5-. The molecular weight excluding hydrogens is 100 g/mol. The Bertz CT molecular complexity index is 103. The molecule has 0 saturated heterocycles. The van der Waals surface area contributed by atoms with Crippen molar-refractivity contribution in [1.29, 1.82) is 0 Å². The lowest BCUT2D eigenvalue weighted by Crippen LogP contribution is -1.93. The second-order valence-corrected chi connectivity index (χ2v) is 1.51. The van der Waals surface area contributed by atoms with Crippen LogP contribution in [0.4, 0.5) is 0 Å². The summed E-state index contributed by atoms with van der Waals surface area (Å²) in [5.74, 6) is 0. The topological polar surface area (TPSA) is 24.4 Å². The molecule has 0 bridgehead atoms. The fourth-order valence-electron chi connectivity index (χ4n) is 0.241. The Morgan fingerprint density at radius 2 is 2.25 bits per heavy atom. The first kappa shape index (κ1) is 7.21. The van der Waals surface area contributed by atoms with E-state index in [1.807, 2.05) is 19.9 Å². The van der Waals surface area contributed by atoms with Gasteiger partial charge in [0.2, 0.25) is 0 Å². The highest BCUT2D eigenvalue weighted by Crippen LogP contribution is 1.82. The van der Waals surface area contributed by atoms with Crippen LogP contribution in [0.25, 0.3) is 0 Å². The quantitative estimate of drug-likeness (QED) is 0.420. The third kappa shape index (κ3) is 3.40. The van der Waals surface area contributed by atoms with E-state index in [1.54, 1.807) is 13.3 Å². The first-order valence-corrected chi connectivity index (χ1v) is 2.64. The maximum atomic E-state index is 3.80. The minimum absolute atomic E-state index is 1.17. The Labute approximate surface area is 50.3 Å². The molecule has 0 aromatic carbocycles. The molecule has 46 valence electrons. The van der Waals surface area contributed by atoms with E-state index in [-0.39, 0.29) is 0 Å². The van der Waals surface area contributed by atoms with Crippen LogP contribution in [-0.2, 0) is 0 Å². The molecule has 0 saturated carbocycles. The molecule has 8 heavy (non-hydrogen) atoms. The highest BCUT2D eigenvalue weighted by Gasteiger charge is 1.73. The number of rotatable bonds is 2. The van der Waals surface area contributed by atoms with Gasteiger partial charge in [-0.3, -0.25) is 0 Å². The van der Waals surface area contributed by atoms with Gasteiger partial charge in [0.05, 0.1) is 0 Å². The second-order valence-electron chi connectivity index (χ2n) is 1.51. The molecule has 0 fully saturated rings. The molecular formula is C6H12N2. The van der Waals surface area contributed by atoms with E-state index in [0.717, 1.165) is 0 Å². The summed E-state index contributed by atoms with van der Waals surface area (Å²) in [5, 5.41) is 3.80. The summed E-state index contributed by atoms with van der Waals surface area (Å²) < 4.78 is 0. The normalized spacial score (nSPS) is 12.6. The van der Waals surface area contributed by atoms with Crippen molar-refractivity contribution >= 4 is 6.21 Å². The van der Waals surface area contributed by atoms with Crippen LogP contribution in [0, 0.1) is 0 Å². The molecule has 0 aliphatic rings. The van der Waals surface area contributed by atoms with Crippen molar-refractivity contribution in [2.75, 3.05) is 7.05 Å². The van der Waals surface area contributed by atoms with Gasteiger partial charge in [0.15, 0.2) is 0 Å². The summed E-state index contributed by atoms with van der Waals surface area (Å²) in [6, 6.07) is 0. The van der Waals surface area contributed by atoms with Crippen LogP contribution < -0.4 is 5.43 Å². The molecule has 0 unspecified atom stereocenters. The first-order valence-electron chi connectivity index (χ1n) is 2.64. The molecule has 0 aromatic heterocycles. The van der Waals surface area contributed by atoms with E-state index < -0.39 is 0 Å². The van der Waals surface area contributed by atoms with Crippen LogP contribution in [0.2, 0.25) is 0 Å². The fourth-order valence-corrected chi connectivity index (χ4v) is 0.241. The van der Waals surface area contributed by atoms with E-state index >= 15 is 0 Å². The Balaban J connectivity index is 3.53. The molecule has 0 heterocycles. The molecule has 1 N–H and O–H groups in total. The molecule has 0 aliphatic heterocycles. The summed E-state index contributed by atoms with van der Waals surface area (Å²) in [5.41, 5.74) is 3.83. The zero-order valence-corrected chi connectivity index (χ0v) is 5.60. The monoisotopic (exact) mass is 112 g/mol. The number of hydrogen-bond acceptors (Lipinski definition) is 2. The lowest BCUT2D eigenvalue weighted by Gasteiger charge is -1.85. The maximum Gasteiger partial charge on any atom is 0.0493 e. The Kier molecular flexibility index (Phi) is 3.94. The first-order chi connectivity index (χ1) is 3.81. The number of hydrogen-bond donors (Lipinski definition) is 1. The van der Waals surface area contributed by atoms with E-state index in [1.165, 1.54) is 5.57 Å². The number of nitrogens with one attached hydrogen (secondary N) is 1. The van der Waals surface area contributed by atoms with Crippen molar-refractivity contribution in [3.8, 4) is 0 Å². The lowest BCUT2D eigenvalue weighted by atomic mass is 10.3. The van der Waals surface area contributed by atoms with Crippen molar-refractivity contribution in [3.63, 3.8) is 0 Å². The number of allylic oxidation sites excluding steroid dienone is 2. The zero-order chi connectivity index (χ0) is 6.41. The van der Waals surface area contributed by atoms with Gasteiger partial charge < -0.3 is 5.43 Å². The van der Waals surface area contributed by atoms with Crippen molar-refractivity contribution in [1.82, 2.24) is 5.43 Å². The minimum Gasteiger partial charge on any atom is -0.313 e. The van der Waals surface area contributed by atoms with E-state index in [0.29, 0.717) is 0 Å². The fraction of sp³-hybridized carbons (Fsp3) is 0.500. The average molecular weight is 112 g/mol. The lowest BCUT2D eigenvalue weighted by molar-refractivity contribution is 0.907. The molecule has 2 nitrogen and oxygen atoms in total. The highest BCUT2D eigenvalue weighted by atomic mass is 15.3. The van der Waals surface area contributed by atoms with E-state index in [2.05, 4.69) is 10.5 Å². The molecule has 2 heteroatoms. The third-order valence-electron chi connectivity index (χ3n) is 0.853. The summed E-state index contributed by atoms with van der Waals surface area (Å²) in [4.78, 5) is 0. The van der Waals surface area contributed by atoms with Gasteiger partial charge >= 0.3 is 0 Å². The van der Waals surface area contributed by atoms with Crippen LogP contribution in [0.15, 0.2) is 16.8 Å². The van der Waals surface area contributed by atoms with E-state index in [4.69, 9.17) is 0 Å². The van der Waals surface area contributed by atoms with Gasteiger partial charge in [0.25, 0.3) is 0 Å². The smallest absolute Gasteiger partial charge is 0.0493 e. The van der Waals surface area contributed by atoms with Crippen LogP contribution in [0.1, 0.15) is 13.8 Å². The van der Waals surface area contributed by atoms with Gasteiger partial charge in [-0.25, -0.2) is 0 Å². The van der Waals surface area contributed by atoms with Crippen molar-refractivity contribution in [2.24, 2.45) is 5.10 Å². The Hall–Kier alpha value is -0.790. The predicted molar refractivity (Wildman–Crippen MR) is 37.0 cm³/mol. The Morgan fingerprint density at radius 1 is 1.62 bits per heavy atom. The minimum atomic E-state index is 1.17. The SMILES string of the molecule is C/C=C(C)\C=N/NC. The largest absolute Gasteiger partial charge is 0.313 e. The molecule has 0 aromatic rings. The Morgan fingerprint density at radius 3 is 2.62 bits per heavy atom. The van der Waals surface area contributed by atoms with Gasteiger partial charge in [-0.2, -0.15) is 5.10 Å². The van der Waals surface area contributed by atoms with Crippen molar-refractivity contribution in [3.05, 3.63) is 11.6 Å². The molecule has 0 spiro atoms. The van der Waals surface area contributed by atoms with E-state index in [9.17, 15) is 0 Å². The molecule has 0 radical (unpaired) electrons. The van der Waals surface area contributed by atoms with Crippen molar-refractivity contribution < 1.29 is 0 Å². The molecule has 0 rings (SSSR count). The van der Waals surface area contributed by atoms with Crippen LogP contribution in [0.5, 0.6) is 0 Å². The average Bonchev–Trinajstić information content (AvgIpc) is 1.83. The van der Waals surface area contributed by atoms with Gasteiger partial charge in [-0.15, -0.1) is 0 Å². The summed E-state index contributed by atoms with van der Waals surface area (Å²) >= 11 is 0. The third-order valence-corrected chi connectivity index (χ3v) is 0.853. The highest BCUT2D eigenvalue weighted by molar-refractivity contribution is 5.77. The van der Waals surface area contributed by atoms with Gasteiger partial charge in [0, 0.05) is 13.3 Å². The summed E-state index contributed by atoms with van der Waals surface area (Å²) in [7, 11) is 1.78. The second kappa shape index (κ2) is 4.37. The zero-order valence-electron chi connectivity index (χ0n) is 5.60. The van der Waals surface area contributed by atoms with Crippen molar-refractivity contribution in [2.45, 2.75) is 13.8 Å². The number of hydrazone groups is 1. The summed E-state index contributed by atoms with van der Waals surface area (Å²) in [6.07, 6.45) is 3.78. The van der Waals surface area contributed by atoms with Gasteiger partial charge in [-0.1, -0.05) is 6.08 Å². The van der Waals surface area contributed by atoms with Crippen LogP contribution >= 0.6 is 0 Å². The van der Waals surface area contributed by atoms with Crippen LogP contribution in [-0.4, -0.2) is 13.3 Å². The molecule has 0 atom stereocenters. The molecule has 0 aliphatic carbocycles. The summed E-state index contributed by atoms with van der Waals surface area (Å²) in [6.45, 7) is 3.98. The van der Waals surface area contributed by atoms with Crippen LogP contribution in [0.3, 0.4) is 0 Å². The maximum absolute atomic E-state index is 3.80. The molecule has 0 amide bonds. The predicted octanol–water partition coefficient (Wildman–Crippen LogP) is 1.16. The van der Waals surface area contributed by atoms with Gasteiger partial charge in [-0.05, 0) is 19.4 Å².